The summed E-state index contributed by atoms with van der Waals surface area (Å²) in [6.07, 6.45) is 4.43. The van der Waals surface area contributed by atoms with Crippen LogP contribution in [0.4, 0.5) is 4.39 Å². The number of hydrogen-bond donors (Lipinski definition) is 0. The van der Waals surface area contributed by atoms with Gasteiger partial charge < -0.3 is 9.15 Å². The standard InChI is InChI=1S/C20H20FNO2/c1-4-5-6-17(16-9-8-15(21)11-13(16)2)14-7-10-18-19(12-14)24-20(22-18)23-3/h6-12H,4-5H2,1-3H3/b17-6-. The molecule has 0 aliphatic rings. The molecule has 0 fully saturated rings. The highest BCUT2D eigenvalue weighted by Crippen LogP contribution is 2.31. The van der Waals surface area contributed by atoms with Gasteiger partial charge in [0.25, 0.3) is 0 Å². The molecule has 0 spiro atoms. The zero-order chi connectivity index (χ0) is 17.1. The Bertz CT molecular complexity index is 896. The van der Waals surface area contributed by atoms with E-state index in [1.165, 1.54) is 13.2 Å². The number of unbranched alkanes of at least 4 members (excludes halogenated alkanes) is 1. The van der Waals surface area contributed by atoms with Gasteiger partial charge in [0.15, 0.2) is 5.58 Å². The van der Waals surface area contributed by atoms with E-state index in [2.05, 4.69) is 18.0 Å². The molecule has 3 rings (SSSR count). The molecule has 0 bridgehead atoms. The molecule has 0 amide bonds. The van der Waals surface area contributed by atoms with Crippen molar-refractivity contribution in [3.05, 3.63) is 65.0 Å². The van der Waals surface area contributed by atoms with Crippen LogP contribution < -0.4 is 4.74 Å². The molecule has 0 aliphatic heterocycles. The summed E-state index contributed by atoms with van der Waals surface area (Å²) < 4.78 is 24.1. The van der Waals surface area contributed by atoms with Crippen LogP contribution in [0.1, 0.15) is 36.5 Å². The van der Waals surface area contributed by atoms with Crippen molar-refractivity contribution in [3.8, 4) is 6.08 Å². The molecule has 24 heavy (non-hydrogen) atoms. The van der Waals surface area contributed by atoms with Crippen LogP contribution in [-0.4, -0.2) is 12.1 Å². The number of nitrogens with zero attached hydrogens (tertiary/aromatic N) is 1. The van der Waals surface area contributed by atoms with Crippen molar-refractivity contribution in [2.75, 3.05) is 7.11 Å². The molecule has 4 heteroatoms. The number of oxazole rings is 1. The third-order valence-electron chi connectivity index (χ3n) is 3.97. The highest BCUT2D eigenvalue weighted by Gasteiger charge is 2.12. The predicted molar refractivity (Wildman–Crippen MR) is 93.7 cm³/mol. The minimum Gasteiger partial charge on any atom is -0.453 e. The van der Waals surface area contributed by atoms with Crippen molar-refractivity contribution in [2.24, 2.45) is 0 Å². The Morgan fingerprint density at radius 2 is 2.08 bits per heavy atom. The first-order valence-electron chi connectivity index (χ1n) is 8.04. The Morgan fingerprint density at radius 3 is 2.79 bits per heavy atom. The fraction of sp³-hybridized carbons (Fsp3) is 0.250. The van der Waals surface area contributed by atoms with Gasteiger partial charge in [0, 0.05) is 0 Å². The van der Waals surface area contributed by atoms with Crippen LogP contribution in [0, 0.1) is 12.7 Å². The average Bonchev–Trinajstić information content (AvgIpc) is 2.99. The molecule has 0 radical (unpaired) electrons. The van der Waals surface area contributed by atoms with Crippen LogP contribution in [0.3, 0.4) is 0 Å². The Balaban J connectivity index is 2.12. The number of ether oxygens (including phenoxy) is 1. The van der Waals surface area contributed by atoms with Crippen molar-refractivity contribution in [1.82, 2.24) is 4.98 Å². The molecule has 2 aromatic carbocycles. The fourth-order valence-electron chi connectivity index (χ4n) is 2.76. The Hall–Kier alpha value is -2.62. The predicted octanol–water partition coefficient (Wildman–Crippen LogP) is 5.52. The van der Waals surface area contributed by atoms with Crippen molar-refractivity contribution >= 4 is 16.7 Å². The summed E-state index contributed by atoms with van der Waals surface area (Å²) in [6.45, 7) is 4.06. The molecule has 1 aromatic heterocycles. The fourth-order valence-corrected chi connectivity index (χ4v) is 2.76. The Labute approximate surface area is 140 Å². The maximum atomic E-state index is 13.5. The van der Waals surface area contributed by atoms with E-state index in [0.717, 1.165) is 40.6 Å². The van der Waals surface area contributed by atoms with Gasteiger partial charge >= 0.3 is 6.08 Å². The van der Waals surface area contributed by atoms with Crippen LogP contribution in [0.25, 0.3) is 16.7 Å². The highest BCUT2D eigenvalue weighted by atomic mass is 19.1. The smallest absolute Gasteiger partial charge is 0.394 e. The third kappa shape index (κ3) is 3.18. The quantitative estimate of drug-likeness (QED) is 0.620. The lowest BCUT2D eigenvalue weighted by Gasteiger charge is -2.12. The SMILES string of the molecule is CCC/C=C(/c1ccc2nc(OC)oc2c1)c1ccc(F)cc1C. The summed E-state index contributed by atoms with van der Waals surface area (Å²) in [5.74, 6) is -0.221. The molecule has 0 saturated carbocycles. The first-order valence-corrected chi connectivity index (χ1v) is 8.04. The maximum absolute atomic E-state index is 13.5. The highest BCUT2D eigenvalue weighted by molar-refractivity contribution is 5.86. The lowest BCUT2D eigenvalue weighted by Crippen LogP contribution is -1.93. The van der Waals surface area contributed by atoms with E-state index in [1.54, 1.807) is 6.07 Å². The molecule has 0 unspecified atom stereocenters. The summed E-state index contributed by atoms with van der Waals surface area (Å²) >= 11 is 0. The first kappa shape index (κ1) is 16.2. The number of aryl methyl sites for hydroxylation is 1. The topological polar surface area (TPSA) is 35.3 Å². The van der Waals surface area contributed by atoms with Gasteiger partial charge in [-0.25, -0.2) is 4.39 Å². The van der Waals surface area contributed by atoms with Gasteiger partial charge in [-0.05, 0) is 59.9 Å². The number of fused-ring (bicyclic) bond motifs is 1. The molecule has 1 heterocycles. The van der Waals surface area contributed by atoms with Crippen LogP contribution in [0.2, 0.25) is 0 Å². The van der Waals surface area contributed by atoms with E-state index in [-0.39, 0.29) is 11.9 Å². The van der Waals surface area contributed by atoms with E-state index in [9.17, 15) is 4.39 Å². The van der Waals surface area contributed by atoms with E-state index in [4.69, 9.17) is 9.15 Å². The van der Waals surface area contributed by atoms with Crippen LogP contribution in [0.15, 0.2) is 46.9 Å². The van der Waals surface area contributed by atoms with Gasteiger partial charge in [0.1, 0.15) is 11.3 Å². The summed E-state index contributed by atoms with van der Waals surface area (Å²) in [6, 6.07) is 10.8. The zero-order valence-corrected chi connectivity index (χ0v) is 14.1. The summed E-state index contributed by atoms with van der Waals surface area (Å²) in [5.41, 5.74) is 5.45. The number of allylic oxidation sites excluding steroid dienone is 1. The van der Waals surface area contributed by atoms with Crippen molar-refractivity contribution < 1.29 is 13.5 Å². The third-order valence-corrected chi connectivity index (χ3v) is 3.97. The number of halogens is 1. The van der Waals surface area contributed by atoms with E-state index in [0.29, 0.717) is 5.58 Å². The van der Waals surface area contributed by atoms with Crippen LogP contribution in [0.5, 0.6) is 6.08 Å². The molecule has 0 aliphatic carbocycles. The first-order chi connectivity index (χ1) is 11.6. The molecule has 0 saturated heterocycles. The van der Waals surface area contributed by atoms with E-state index >= 15 is 0 Å². The zero-order valence-electron chi connectivity index (χ0n) is 14.1. The van der Waals surface area contributed by atoms with Gasteiger partial charge in [0.2, 0.25) is 0 Å². The monoisotopic (exact) mass is 325 g/mol. The minimum atomic E-state index is -0.221. The van der Waals surface area contributed by atoms with Crippen LogP contribution >= 0.6 is 0 Å². The average molecular weight is 325 g/mol. The van der Waals surface area contributed by atoms with Gasteiger partial charge in [0.05, 0.1) is 7.11 Å². The molecule has 3 nitrogen and oxygen atoms in total. The molecular formula is C20H20FNO2. The second-order valence-corrected chi connectivity index (χ2v) is 5.73. The molecular weight excluding hydrogens is 305 g/mol. The maximum Gasteiger partial charge on any atom is 0.394 e. The number of aromatic nitrogens is 1. The largest absolute Gasteiger partial charge is 0.453 e. The second kappa shape index (κ2) is 6.87. The van der Waals surface area contributed by atoms with Gasteiger partial charge in [-0.15, -0.1) is 0 Å². The summed E-state index contributed by atoms with van der Waals surface area (Å²) in [4.78, 5) is 4.24. The van der Waals surface area contributed by atoms with Gasteiger partial charge in [-0.1, -0.05) is 31.6 Å². The number of methoxy groups -OCH3 is 1. The van der Waals surface area contributed by atoms with Gasteiger partial charge in [-0.3, -0.25) is 0 Å². The molecule has 0 atom stereocenters. The van der Waals surface area contributed by atoms with E-state index < -0.39 is 0 Å². The van der Waals surface area contributed by atoms with Crippen molar-refractivity contribution in [3.63, 3.8) is 0 Å². The summed E-state index contributed by atoms with van der Waals surface area (Å²) in [7, 11) is 1.53. The molecule has 124 valence electrons. The lowest BCUT2D eigenvalue weighted by molar-refractivity contribution is 0.299. The van der Waals surface area contributed by atoms with E-state index in [1.807, 2.05) is 31.2 Å². The second-order valence-electron chi connectivity index (χ2n) is 5.73. The number of benzene rings is 2. The lowest BCUT2D eigenvalue weighted by atomic mass is 9.93. The summed E-state index contributed by atoms with van der Waals surface area (Å²) in [5, 5.41) is 0. The molecule has 3 aromatic rings. The number of hydrogen-bond acceptors (Lipinski definition) is 3. The van der Waals surface area contributed by atoms with Gasteiger partial charge in [-0.2, -0.15) is 4.98 Å². The Morgan fingerprint density at radius 1 is 1.25 bits per heavy atom. The number of rotatable bonds is 5. The Kier molecular flexibility index (Phi) is 4.65. The van der Waals surface area contributed by atoms with Crippen LogP contribution in [-0.2, 0) is 0 Å². The molecule has 0 N–H and O–H groups in total. The van der Waals surface area contributed by atoms with Crippen molar-refractivity contribution in [1.29, 1.82) is 0 Å². The van der Waals surface area contributed by atoms with Crippen molar-refractivity contribution in [2.45, 2.75) is 26.7 Å². The minimum absolute atomic E-state index is 0.221. The normalized spacial score (nSPS) is 11.9.